The Balaban J connectivity index is 1.86. The van der Waals surface area contributed by atoms with E-state index in [-0.39, 0.29) is 17.7 Å². The molecular formula is C17H22N2O3. The van der Waals surface area contributed by atoms with Gasteiger partial charge in [0.05, 0.1) is 13.0 Å². The Morgan fingerprint density at radius 3 is 3.09 bits per heavy atom. The molecule has 0 radical (unpaired) electrons. The zero-order valence-corrected chi connectivity index (χ0v) is 12.9. The standard InChI is InChI=1S/C17H22N2O3/c1-3-8-18-17(21)14-11-16(20)19(12-14)9-7-13-5-4-6-15(10-13)22-2/h3-6,10,14H,1,7-9,11-12H2,2H3,(H,18,21). The number of nitrogens with one attached hydrogen (secondary N) is 1. The quantitative estimate of drug-likeness (QED) is 0.774. The number of methoxy groups -OCH3 is 1. The summed E-state index contributed by atoms with van der Waals surface area (Å²) >= 11 is 0. The fraction of sp³-hybridized carbons (Fsp3) is 0.412. The number of benzene rings is 1. The molecule has 1 aliphatic rings. The third-order valence-corrected chi connectivity index (χ3v) is 3.81. The lowest BCUT2D eigenvalue weighted by molar-refractivity contribution is -0.128. The van der Waals surface area contributed by atoms with E-state index in [0.29, 0.717) is 26.1 Å². The van der Waals surface area contributed by atoms with Crippen LogP contribution in [0.25, 0.3) is 0 Å². The Bertz CT molecular complexity index is 557. The summed E-state index contributed by atoms with van der Waals surface area (Å²) in [4.78, 5) is 25.7. The van der Waals surface area contributed by atoms with Crippen molar-refractivity contribution < 1.29 is 14.3 Å². The Labute approximate surface area is 130 Å². The van der Waals surface area contributed by atoms with E-state index >= 15 is 0 Å². The summed E-state index contributed by atoms with van der Waals surface area (Å²) in [5.74, 6) is 0.531. The van der Waals surface area contributed by atoms with Crippen LogP contribution >= 0.6 is 0 Å². The molecule has 1 heterocycles. The maximum absolute atomic E-state index is 12.0. The Morgan fingerprint density at radius 2 is 2.36 bits per heavy atom. The molecule has 5 heteroatoms. The molecule has 1 aliphatic heterocycles. The van der Waals surface area contributed by atoms with Gasteiger partial charge in [-0.1, -0.05) is 18.2 Å². The number of rotatable bonds is 7. The van der Waals surface area contributed by atoms with Crippen LogP contribution in [0.3, 0.4) is 0 Å². The fourth-order valence-corrected chi connectivity index (χ4v) is 2.57. The van der Waals surface area contributed by atoms with Crippen molar-refractivity contribution in [2.24, 2.45) is 5.92 Å². The van der Waals surface area contributed by atoms with Crippen LogP contribution in [-0.2, 0) is 16.0 Å². The van der Waals surface area contributed by atoms with Crippen molar-refractivity contribution in [1.82, 2.24) is 10.2 Å². The van der Waals surface area contributed by atoms with Gasteiger partial charge in [-0.15, -0.1) is 6.58 Å². The van der Waals surface area contributed by atoms with Crippen LogP contribution in [0.15, 0.2) is 36.9 Å². The summed E-state index contributed by atoms with van der Waals surface area (Å²) in [6.45, 7) is 5.12. The molecule has 0 bridgehead atoms. The molecule has 1 aromatic carbocycles. The first-order chi connectivity index (χ1) is 10.6. The lowest BCUT2D eigenvalue weighted by Gasteiger charge is -2.16. The zero-order chi connectivity index (χ0) is 15.9. The van der Waals surface area contributed by atoms with Crippen LogP contribution in [0.1, 0.15) is 12.0 Å². The number of ether oxygens (including phenoxy) is 1. The number of hydrogen-bond acceptors (Lipinski definition) is 3. The largest absolute Gasteiger partial charge is 0.497 e. The van der Waals surface area contributed by atoms with Gasteiger partial charge in [-0.05, 0) is 24.1 Å². The molecule has 1 aromatic rings. The number of carbonyl (C=O) groups excluding carboxylic acids is 2. The van der Waals surface area contributed by atoms with Crippen molar-refractivity contribution in [2.75, 3.05) is 26.7 Å². The monoisotopic (exact) mass is 302 g/mol. The van der Waals surface area contributed by atoms with Crippen LogP contribution in [0.5, 0.6) is 5.75 Å². The molecule has 5 nitrogen and oxygen atoms in total. The van der Waals surface area contributed by atoms with E-state index in [1.807, 2.05) is 24.3 Å². The Hall–Kier alpha value is -2.30. The molecule has 1 unspecified atom stereocenters. The van der Waals surface area contributed by atoms with E-state index in [2.05, 4.69) is 11.9 Å². The molecular weight excluding hydrogens is 280 g/mol. The summed E-state index contributed by atoms with van der Waals surface area (Å²) in [7, 11) is 1.63. The van der Waals surface area contributed by atoms with E-state index in [1.165, 1.54) is 0 Å². The van der Waals surface area contributed by atoms with Crippen LogP contribution in [-0.4, -0.2) is 43.5 Å². The molecule has 2 rings (SSSR count). The van der Waals surface area contributed by atoms with Gasteiger partial charge in [-0.2, -0.15) is 0 Å². The van der Waals surface area contributed by atoms with Gasteiger partial charge in [0.15, 0.2) is 0 Å². The van der Waals surface area contributed by atoms with Crippen molar-refractivity contribution in [3.63, 3.8) is 0 Å². The van der Waals surface area contributed by atoms with E-state index < -0.39 is 0 Å². The van der Waals surface area contributed by atoms with Crippen LogP contribution in [0, 0.1) is 5.92 Å². The van der Waals surface area contributed by atoms with Gasteiger partial charge in [-0.3, -0.25) is 9.59 Å². The zero-order valence-electron chi connectivity index (χ0n) is 12.9. The molecule has 22 heavy (non-hydrogen) atoms. The van der Waals surface area contributed by atoms with Crippen LogP contribution in [0.4, 0.5) is 0 Å². The Morgan fingerprint density at radius 1 is 1.55 bits per heavy atom. The third kappa shape index (κ3) is 4.10. The molecule has 1 fully saturated rings. The summed E-state index contributed by atoms with van der Waals surface area (Å²) in [6.07, 6.45) is 2.68. The molecule has 1 saturated heterocycles. The van der Waals surface area contributed by atoms with Gasteiger partial charge in [0.1, 0.15) is 5.75 Å². The molecule has 0 saturated carbocycles. The first-order valence-electron chi connectivity index (χ1n) is 7.43. The fourth-order valence-electron chi connectivity index (χ4n) is 2.57. The first kappa shape index (κ1) is 16.1. The molecule has 1 atom stereocenters. The number of hydrogen-bond donors (Lipinski definition) is 1. The average molecular weight is 302 g/mol. The average Bonchev–Trinajstić information content (AvgIpc) is 2.92. The highest BCUT2D eigenvalue weighted by atomic mass is 16.5. The number of likely N-dealkylation sites (tertiary alicyclic amines) is 1. The smallest absolute Gasteiger partial charge is 0.225 e. The van der Waals surface area contributed by atoms with E-state index in [9.17, 15) is 9.59 Å². The predicted octanol–water partition coefficient (Wildman–Crippen LogP) is 1.39. The van der Waals surface area contributed by atoms with E-state index in [4.69, 9.17) is 4.74 Å². The van der Waals surface area contributed by atoms with Gasteiger partial charge in [0.2, 0.25) is 11.8 Å². The minimum atomic E-state index is -0.252. The molecule has 2 amide bonds. The summed E-state index contributed by atoms with van der Waals surface area (Å²) < 4.78 is 5.19. The minimum absolute atomic E-state index is 0.0432. The van der Waals surface area contributed by atoms with E-state index in [1.54, 1.807) is 18.1 Å². The normalized spacial score (nSPS) is 17.4. The van der Waals surface area contributed by atoms with Crippen molar-refractivity contribution in [1.29, 1.82) is 0 Å². The maximum atomic E-state index is 12.0. The van der Waals surface area contributed by atoms with Crippen molar-refractivity contribution in [3.8, 4) is 5.75 Å². The molecule has 0 spiro atoms. The highest BCUT2D eigenvalue weighted by Gasteiger charge is 2.33. The van der Waals surface area contributed by atoms with E-state index in [0.717, 1.165) is 17.7 Å². The second-order valence-corrected chi connectivity index (χ2v) is 5.38. The topological polar surface area (TPSA) is 58.6 Å². The van der Waals surface area contributed by atoms with Gasteiger partial charge in [0, 0.05) is 26.1 Å². The third-order valence-electron chi connectivity index (χ3n) is 3.81. The van der Waals surface area contributed by atoms with Gasteiger partial charge < -0.3 is 15.0 Å². The van der Waals surface area contributed by atoms with Crippen molar-refractivity contribution in [2.45, 2.75) is 12.8 Å². The maximum Gasteiger partial charge on any atom is 0.225 e. The first-order valence-corrected chi connectivity index (χ1v) is 7.43. The molecule has 118 valence electrons. The lowest BCUT2D eigenvalue weighted by Crippen LogP contribution is -2.33. The van der Waals surface area contributed by atoms with Crippen molar-refractivity contribution >= 4 is 11.8 Å². The second kappa shape index (κ2) is 7.64. The summed E-state index contributed by atoms with van der Waals surface area (Å²) in [6, 6.07) is 7.81. The molecule has 0 aliphatic carbocycles. The summed E-state index contributed by atoms with van der Waals surface area (Å²) in [5.41, 5.74) is 1.12. The van der Waals surface area contributed by atoms with Crippen LogP contribution < -0.4 is 10.1 Å². The van der Waals surface area contributed by atoms with Gasteiger partial charge in [0.25, 0.3) is 0 Å². The number of nitrogens with zero attached hydrogens (tertiary/aromatic N) is 1. The van der Waals surface area contributed by atoms with Crippen molar-refractivity contribution in [3.05, 3.63) is 42.5 Å². The number of amides is 2. The highest BCUT2D eigenvalue weighted by molar-refractivity contribution is 5.89. The van der Waals surface area contributed by atoms with Gasteiger partial charge in [-0.25, -0.2) is 0 Å². The summed E-state index contributed by atoms with van der Waals surface area (Å²) in [5, 5.41) is 2.75. The lowest BCUT2D eigenvalue weighted by atomic mass is 10.1. The highest BCUT2D eigenvalue weighted by Crippen LogP contribution is 2.19. The SMILES string of the molecule is C=CCNC(=O)C1CC(=O)N(CCc2cccc(OC)c2)C1. The molecule has 1 N–H and O–H groups in total. The second-order valence-electron chi connectivity index (χ2n) is 5.38. The van der Waals surface area contributed by atoms with Gasteiger partial charge >= 0.3 is 0 Å². The van der Waals surface area contributed by atoms with Crippen LogP contribution in [0.2, 0.25) is 0 Å². The Kier molecular flexibility index (Phi) is 5.58. The minimum Gasteiger partial charge on any atom is -0.497 e. The molecule has 0 aromatic heterocycles. The number of carbonyl (C=O) groups is 2. The predicted molar refractivity (Wildman–Crippen MR) is 84.6 cm³/mol.